The molecule has 0 aliphatic carbocycles. The van der Waals surface area contributed by atoms with Crippen molar-refractivity contribution in [3.05, 3.63) is 34.8 Å². The van der Waals surface area contributed by atoms with Crippen molar-refractivity contribution in [1.29, 1.82) is 0 Å². The fourth-order valence-corrected chi connectivity index (χ4v) is 3.94. The lowest BCUT2D eigenvalue weighted by molar-refractivity contribution is 0.156. The molecule has 1 fully saturated rings. The molecule has 2 aromatic rings. The van der Waals surface area contributed by atoms with Crippen molar-refractivity contribution in [2.24, 2.45) is 0 Å². The van der Waals surface area contributed by atoms with Crippen molar-refractivity contribution in [1.82, 2.24) is 19.4 Å². The molecule has 2 aromatic heterocycles. The Kier molecular flexibility index (Phi) is 4.13. The second kappa shape index (κ2) is 5.89. The zero-order chi connectivity index (χ0) is 14.9. The highest BCUT2D eigenvalue weighted by Gasteiger charge is 2.34. The monoisotopic (exact) mass is 304 g/mol. The molecule has 21 heavy (non-hydrogen) atoms. The summed E-state index contributed by atoms with van der Waals surface area (Å²) in [4.78, 5) is 11.6. The van der Waals surface area contributed by atoms with E-state index in [0.29, 0.717) is 6.04 Å². The van der Waals surface area contributed by atoms with E-state index in [0.717, 1.165) is 19.6 Å². The summed E-state index contributed by atoms with van der Waals surface area (Å²) in [6.45, 7) is 9.99. The molecule has 114 valence electrons. The van der Waals surface area contributed by atoms with Crippen molar-refractivity contribution < 1.29 is 0 Å². The van der Waals surface area contributed by atoms with Gasteiger partial charge in [-0.25, -0.2) is 9.97 Å². The van der Waals surface area contributed by atoms with Crippen LogP contribution in [0.15, 0.2) is 24.0 Å². The zero-order valence-corrected chi connectivity index (χ0v) is 13.9. The van der Waals surface area contributed by atoms with Crippen molar-refractivity contribution >= 4 is 11.3 Å². The molecule has 1 aliphatic heterocycles. The Hall–Kier alpha value is -1.20. The molecule has 0 spiro atoms. The molecular weight excluding hydrogens is 280 g/mol. The summed E-state index contributed by atoms with van der Waals surface area (Å²) in [7, 11) is 0. The predicted octanol–water partition coefficient (Wildman–Crippen LogP) is 3.47. The molecule has 0 bridgehead atoms. The van der Waals surface area contributed by atoms with Crippen molar-refractivity contribution in [3.8, 4) is 0 Å². The topological polar surface area (TPSA) is 34.0 Å². The smallest absolute Gasteiger partial charge is 0.123 e. The van der Waals surface area contributed by atoms with Gasteiger partial charge >= 0.3 is 0 Å². The number of hydrogen-bond donors (Lipinski definition) is 0. The number of piperidine rings is 1. The first-order valence-electron chi connectivity index (χ1n) is 7.72. The van der Waals surface area contributed by atoms with E-state index in [1.165, 1.54) is 23.7 Å². The second-order valence-corrected chi connectivity index (χ2v) is 7.41. The van der Waals surface area contributed by atoms with Crippen LogP contribution in [0.3, 0.4) is 0 Å². The minimum absolute atomic E-state index is 0.262. The number of thiazole rings is 1. The van der Waals surface area contributed by atoms with Crippen LogP contribution in [-0.2, 0) is 12.0 Å². The third-order valence-electron chi connectivity index (χ3n) is 4.58. The summed E-state index contributed by atoms with van der Waals surface area (Å²) in [5.41, 5.74) is 0.262. The Morgan fingerprint density at radius 1 is 1.24 bits per heavy atom. The van der Waals surface area contributed by atoms with Crippen LogP contribution in [0.25, 0.3) is 0 Å². The lowest BCUT2D eigenvalue weighted by Crippen LogP contribution is -2.41. The lowest BCUT2D eigenvalue weighted by Gasteiger charge is -2.38. The van der Waals surface area contributed by atoms with E-state index in [1.54, 1.807) is 11.3 Å². The van der Waals surface area contributed by atoms with Crippen LogP contribution < -0.4 is 0 Å². The minimum Gasteiger partial charge on any atom is -0.331 e. The maximum Gasteiger partial charge on any atom is 0.123 e. The Bertz CT molecular complexity index is 565. The maximum absolute atomic E-state index is 4.53. The molecule has 4 nitrogen and oxygen atoms in total. The number of imidazole rings is 1. The molecule has 0 unspecified atom stereocenters. The quantitative estimate of drug-likeness (QED) is 0.867. The average molecular weight is 304 g/mol. The Morgan fingerprint density at radius 2 is 2.00 bits per heavy atom. The van der Waals surface area contributed by atoms with E-state index in [9.17, 15) is 0 Å². The number of hydrogen-bond acceptors (Lipinski definition) is 4. The zero-order valence-electron chi connectivity index (χ0n) is 13.1. The molecule has 0 aromatic carbocycles. The summed E-state index contributed by atoms with van der Waals surface area (Å²) in [6, 6.07) is 0.480. The van der Waals surface area contributed by atoms with E-state index in [1.807, 2.05) is 12.4 Å². The van der Waals surface area contributed by atoms with E-state index < -0.39 is 0 Å². The van der Waals surface area contributed by atoms with Gasteiger partial charge in [0.05, 0.1) is 11.6 Å². The molecule has 3 rings (SSSR count). The van der Waals surface area contributed by atoms with Gasteiger partial charge in [-0.3, -0.25) is 4.90 Å². The van der Waals surface area contributed by atoms with Gasteiger partial charge in [-0.05, 0) is 39.8 Å². The van der Waals surface area contributed by atoms with E-state index >= 15 is 0 Å². The Balaban J connectivity index is 1.62. The third kappa shape index (κ3) is 3.04. The summed E-state index contributed by atoms with van der Waals surface area (Å²) in [5, 5.41) is 3.39. The number of aromatic nitrogens is 3. The molecule has 0 amide bonds. The number of rotatable bonds is 4. The molecule has 5 heteroatoms. The van der Waals surface area contributed by atoms with Crippen LogP contribution in [0, 0.1) is 0 Å². The standard InChI is InChI=1S/C16H24N4S/c1-13(2)20-10-6-17-14(20)12-19-8-4-16(3,5-9-19)15-18-7-11-21-15/h6-7,10-11,13H,4-5,8-9,12H2,1-3H3. The van der Waals surface area contributed by atoms with Gasteiger partial charge in [-0.1, -0.05) is 6.92 Å². The van der Waals surface area contributed by atoms with Crippen LogP contribution in [0.5, 0.6) is 0 Å². The fourth-order valence-electron chi connectivity index (χ4n) is 3.08. The normalized spacial score (nSPS) is 19.2. The highest BCUT2D eigenvalue weighted by Crippen LogP contribution is 2.36. The molecular formula is C16H24N4S. The molecule has 0 N–H and O–H groups in total. The molecule has 3 heterocycles. The van der Waals surface area contributed by atoms with Crippen LogP contribution in [0.2, 0.25) is 0 Å². The fraction of sp³-hybridized carbons (Fsp3) is 0.625. The Morgan fingerprint density at radius 3 is 2.62 bits per heavy atom. The largest absolute Gasteiger partial charge is 0.331 e. The van der Waals surface area contributed by atoms with Crippen LogP contribution in [-0.4, -0.2) is 32.5 Å². The lowest BCUT2D eigenvalue weighted by atomic mass is 9.81. The maximum atomic E-state index is 4.53. The number of nitrogens with zero attached hydrogens (tertiary/aromatic N) is 4. The van der Waals surface area contributed by atoms with Crippen molar-refractivity contribution in [2.75, 3.05) is 13.1 Å². The average Bonchev–Trinajstić information content (AvgIpc) is 3.12. The van der Waals surface area contributed by atoms with Gasteiger partial charge < -0.3 is 4.57 Å². The summed E-state index contributed by atoms with van der Waals surface area (Å²) >= 11 is 1.80. The first-order valence-corrected chi connectivity index (χ1v) is 8.60. The van der Waals surface area contributed by atoms with E-state index in [2.05, 4.69) is 51.8 Å². The summed E-state index contributed by atoms with van der Waals surface area (Å²) in [6.07, 6.45) is 8.30. The van der Waals surface area contributed by atoms with Gasteiger partial charge in [0.25, 0.3) is 0 Å². The highest BCUT2D eigenvalue weighted by atomic mass is 32.1. The number of likely N-dealkylation sites (tertiary alicyclic amines) is 1. The van der Waals surface area contributed by atoms with Gasteiger partial charge in [0.2, 0.25) is 0 Å². The van der Waals surface area contributed by atoms with Crippen LogP contribution >= 0.6 is 11.3 Å². The van der Waals surface area contributed by atoms with Crippen molar-refractivity contribution in [3.63, 3.8) is 0 Å². The second-order valence-electron chi connectivity index (χ2n) is 6.52. The Labute approximate surface area is 130 Å². The molecule has 0 saturated carbocycles. The van der Waals surface area contributed by atoms with Crippen LogP contribution in [0.4, 0.5) is 0 Å². The SMILES string of the molecule is CC(C)n1ccnc1CN1CCC(C)(c2nccs2)CC1. The van der Waals surface area contributed by atoms with Gasteiger partial charge in [-0.15, -0.1) is 11.3 Å². The predicted molar refractivity (Wildman–Crippen MR) is 86.6 cm³/mol. The highest BCUT2D eigenvalue weighted by molar-refractivity contribution is 7.09. The molecule has 0 radical (unpaired) electrons. The van der Waals surface area contributed by atoms with Gasteiger partial charge in [0.1, 0.15) is 5.82 Å². The van der Waals surface area contributed by atoms with E-state index in [-0.39, 0.29) is 5.41 Å². The van der Waals surface area contributed by atoms with E-state index in [4.69, 9.17) is 0 Å². The minimum atomic E-state index is 0.262. The molecule has 1 saturated heterocycles. The first-order chi connectivity index (χ1) is 10.1. The third-order valence-corrected chi connectivity index (χ3v) is 5.66. The van der Waals surface area contributed by atoms with Gasteiger partial charge in [-0.2, -0.15) is 0 Å². The van der Waals surface area contributed by atoms with Gasteiger partial charge in [0.15, 0.2) is 0 Å². The molecule has 1 aliphatic rings. The summed E-state index contributed by atoms with van der Waals surface area (Å²) < 4.78 is 2.27. The van der Waals surface area contributed by atoms with Crippen LogP contribution in [0.1, 0.15) is 50.5 Å². The van der Waals surface area contributed by atoms with Gasteiger partial charge in [0, 0.05) is 35.4 Å². The molecule has 0 atom stereocenters. The summed E-state index contributed by atoms with van der Waals surface area (Å²) in [5.74, 6) is 1.18. The first kappa shape index (κ1) is 14.7. The van der Waals surface area contributed by atoms with Crippen molar-refractivity contribution in [2.45, 2.75) is 51.6 Å².